The Hall–Kier alpha value is 0.0700. The highest BCUT2D eigenvalue weighted by Crippen LogP contribution is 2.51. The molecule has 6 heteroatoms. The van der Waals surface area contributed by atoms with Crippen LogP contribution >= 0.6 is 7.82 Å². The van der Waals surface area contributed by atoms with Gasteiger partial charge in [0.1, 0.15) is 0 Å². The summed E-state index contributed by atoms with van der Waals surface area (Å²) in [6.45, 7) is 13.6. The van der Waals surface area contributed by atoms with E-state index in [2.05, 4.69) is 32.6 Å². The third-order valence-corrected chi connectivity index (χ3v) is 11.3. The van der Waals surface area contributed by atoms with Crippen molar-refractivity contribution in [3.8, 4) is 0 Å². The second-order valence-corrected chi connectivity index (χ2v) is 16.0. The van der Waals surface area contributed by atoms with E-state index in [1.165, 1.54) is 148 Å². The number of nitrogens with zero attached hydrogens (tertiary/aromatic N) is 1. The van der Waals surface area contributed by atoms with Crippen LogP contribution in [0.2, 0.25) is 0 Å². The molecule has 0 radical (unpaired) electrons. The normalized spacial score (nSPS) is 17.0. The lowest BCUT2D eigenvalue weighted by atomic mass is 9.95. The zero-order chi connectivity index (χ0) is 32.7. The number of phosphoric ester groups is 1. The third-order valence-electron chi connectivity index (χ3n) is 9.91. The predicted octanol–water partition coefficient (Wildman–Crippen LogP) is 13.3. The molecule has 2 unspecified atom stereocenters. The summed E-state index contributed by atoms with van der Waals surface area (Å²) in [7, 11) is -3.62. The Morgan fingerprint density at radius 3 is 1.24 bits per heavy atom. The van der Waals surface area contributed by atoms with Gasteiger partial charge in [0.15, 0.2) is 0 Å². The van der Waals surface area contributed by atoms with Gasteiger partial charge in [0.05, 0.1) is 19.8 Å². The molecule has 1 saturated heterocycles. The van der Waals surface area contributed by atoms with E-state index in [0.717, 1.165) is 45.3 Å². The standard InChI is InChI=1S/C39H80NO4P/c1-5-9-13-17-19-24-30-38(28-22-15-11-7-3)36-43-45(41,42-35-34-40-32-26-21-27-33-40)44-37-39(29-23-16-12-8-4)31-25-20-18-14-10-6-2/h38-39H,5-37H2,1-4H3. The fourth-order valence-electron chi connectivity index (χ4n) is 6.74. The van der Waals surface area contributed by atoms with Gasteiger partial charge in [0.25, 0.3) is 0 Å². The average Bonchev–Trinajstić information content (AvgIpc) is 3.05. The SMILES string of the molecule is CCCCCCCCC(CCCCCC)COP(=O)(OCCN1CCCCC1)OCC(CCCCCC)CCCCCCCC. The molecule has 5 nitrogen and oxygen atoms in total. The number of hydrogen-bond donors (Lipinski definition) is 0. The van der Waals surface area contributed by atoms with Crippen molar-refractivity contribution in [1.82, 2.24) is 4.90 Å². The van der Waals surface area contributed by atoms with E-state index in [-0.39, 0.29) is 0 Å². The van der Waals surface area contributed by atoms with Crippen molar-refractivity contribution in [2.24, 2.45) is 11.8 Å². The summed E-state index contributed by atoms with van der Waals surface area (Å²) >= 11 is 0. The molecule has 1 fully saturated rings. The van der Waals surface area contributed by atoms with Crippen LogP contribution in [-0.4, -0.2) is 44.4 Å². The summed E-state index contributed by atoms with van der Waals surface area (Å²) in [4.78, 5) is 2.44. The molecule has 0 N–H and O–H groups in total. The van der Waals surface area contributed by atoms with Gasteiger partial charge in [0, 0.05) is 6.54 Å². The van der Waals surface area contributed by atoms with Crippen molar-refractivity contribution < 1.29 is 18.1 Å². The lowest BCUT2D eigenvalue weighted by Gasteiger charge is -2.28. The second kappa shape index (κ2) is 31.3. The van der Waals surface area contributed by atoms with E-state index in [4.69, 9.17) is 13.6 Å². The molecule has 0 saturated carbocycles. The van der Waals surface area contributed by atoms with Crippen molar-refractivity contribution in [3.63, 3.8) is 0 Å². The molecule has 1 aliphatic rings. The van der Waals surface area contributed by atoms with Crippen LogP contribution in [0.4, 0.5) is 0 Å². The van der Waals surface area contributed by atoms with E-state index in [1.54, 1.807) is 0 Å². The minimum atomic E-state index is -3.62. The molecule has 0 aromatic heterocycles. The first-order chi connectivity index (χ1) is 22.1. The highest BCUT2D eigenvalue weighted by molar-refractivity contribution is 7.48. The molecule has 45 heavy (non-hydrogen) atoms. The number of rotatable bonds is 34. The van der Waals surface area contributed by atoms with Crippen LogP contribution in [0.3, 0.4) is 0 Å². The summed E-state index contributed by atoms with van der Waals surface area (Å²) in [6, 6.07) is 0. The predicted molar refractivity (Wildman–Crippen MR) is 196 cm³/mol. The van der Waals surface area contributed by atoms with Crippen molar-refractivity contribution in [1.29, 1.82) is 0 Å². The maximum atomic E-state index is 14.2. The average molecular weight is 658 g/mol. The monoisotopic (exact) mass is 658 g/mol. The van der Waals surface area contributed by atoms with Crippen LogP contribution in [0.5, 0.6) is 0 Å². The van der Waals surface area contributed by atoms with Gasteiger partial charge < -0.3 is 4.90 Å². The summed E-state index contributed by atoms with van der Waals surface area (Å²) in [5, 5.41) is 0. The molecule has 1 aliphatic heterocycles. The zero-order valence-corrected chi connectivity index (χ0v) is 31.9. The first kappa shape index (κ1) is 43.1. The molecule has 0 aromatic rings. The van der Waals surface area contributed by atoms with Crippen molar-refractivity contribution in [2.75, 3.05) is 39.5 Å². The van der Waals surface area contributed by atoms with Crippen molar-refractivity contribution in [3.05, 3.63) is 0 Å². The van der Waals surface area contributed by atoms with E-state index in [0.29, 0.717) is 31.7 Å². The summed E-state index contributed by atoms with van der Waals surface area (Å²) < 4.78 is 32.9. The van der Waals surface area contributed by atoms with Crippen LogP contribution in [0.25, 0.3) is 0 Å². The number of unbranched alkanes of at least 4 members (excludes halogenated alkanes) is 16. The van der Waals surface area contributed by atoms with Crippen LogP contribution in [0.1, 0.15) is 201 Å². The van der Waals surface area contributed by atoms with Gasteiger partial charge >= 0.3 is 7.82 Å². The number of likely N-dealkylation sites (tertiary alicyclic amines) is 1. The summed E-state index contributed by atoms with van der Waals surface area (Å²) in [6.07, 6.45) is 34.3. The number of hydrogen-bond acceptors (Lipinski definition) is 5. The van der Waals surface area contributed by atoms with Gasteiger partial charge in [-0.05, 0) is 63.5 Å². The van der Waals surface area contributed by atoms with Crippen molar-refractivity contribution >= 4 is 7.82 Å². The molecule has 1 heterocycles. The molecular weight excluding hydrogens is 577 g/mol. The maximum Gasteiger partial charge on any atom is 0.474 e. The van der Waals surface area contributed by atoms with Gasteiger partial charge in [-0.2, -0.15) is 0 Å². The summed E-state index contributed by atoms with van der Waals surface area (Å²) in [5.74, 6) is 0.868. The van der Waals surface area contributed by atoms with Crippen LogP contribution < -0.4 is 0 Å². The maximum absolute atomic E-state index is 14.2. The van der Waals surface area contributed by atoms with E-state index >= 15 is 0 Å². The fraction of sp³-hybridized carbons (Fsp3) is 1.00. The molecule has 1 rings (SSSR count). The number of phosphoric acid groups is 1. The van der Waals surface area contributed by atoms with Gasteiger partial charge in [0.2, 0.25) is 0 Å². The Balaban J connectivity index is 2.79. The minimum Gasteiger partial charge on any atom is -0.301 e. The van der Waals surface area contributed by atoms with Gasteiger partial charge in [-0.25, -0.2) is 4.57 Å². The minimum absolute atomic E-state index is 0.425. The number of piperidine rings is 1. The lowest BCUT2D eigenvalue weighted by molar-refractivity contribution is 0.0734. The summed E-state index contributed by atoms with van der Waals surface area (Å²) in [5.41, 5.74) is 0. The topological polar surface area (TPSA) is 48.0 Å². The quantitative estimate of drug-likeness (QED) is 0.0509. The van der Waals surface area contributed by atoms with Gasteiger partial charge in [-0.3, -0.25) is 13.6 Å². The Morgan fingerprint density at radius 2 is 0.844 bits per heavy atom. The molecule has 2 atom stereocenters. The van der Waals surface area contributed by atoms with Crippen molar-refractivity contribution in [2.45, 2.75) is 201 Å². The van der Waals surface area contributed by atoms with E-state index < -0.39 is 7.82 Å². The Bertz CT molecular complexity index is 617. The van der Waals surface area contributed by atoms with Gasteiger partial charge in [-0.1, -0.05) is 163 Å². The first-order valence-corrected chi connectivity index (χ1v) is 21.8. The van der Waals surface area contributed by atoms with Crippen LogP contribution in [0.15, 0.2) is 0 Å². The Kier molecular flexibility index (Phi) is 30.0. The molecule has 0 aromatic carbocycles. The largest absolute Gasteiger partial charge is 0.474 e. The van der Waals surface area contributed by atoms with Crippen LogP contribution in [-0.2, 0) is 18.1 Å². The van der Waals surface area contributed by atoms with E-state index in [9.17, 15) is 4.57 Å². The Labute approximate surface area is 282 Å². The van der Waals surface area contributed by atoms with Gasteiger partial charge in [-0.15, -0.1) is 0 Å². The molecule has 0 bridgehead atoms. The highest BCUT2D eigenvalue weighted by Gasteiger charge is 2.30. The second-order valence-electron chi connectivity index (χ2n) is 14.3. The van der Waals surface area contributed by atoms with Crippen LogP contribution in [0, 0.1) is 11.8 Å². The van der Waals surface area contributed by atoms with E-state index in [1.807, 2.05) is 0 Å². The fourth-order valence-corrected chi connectivity index (χ4v) is 8.05. The molecular formula is C39H80NO4P. The Morgan fingerprint density at radius 1 is 0.489 bits per heavy atom. The molecule has 270 valence electrons. The molecule has 0 amide bonds. The lowest BCUT2D eigenvalue weighted by Crippen LogP contribution is -2.32. The molecule has 0 spiro atoms. The first-order valence-electron chi connectivity index (χ1n) is 20.3. The third kappa shape index (κ3) is 25.7. The zero-order valence-electron chi connectivity index (χ0n) is 31.0. The smallest absolute Gasteiger partial charge is 0.301 e. The highest BCUT2D eigenvalue weighted by atomic mass is 31.2. The molecule has 0 aliphatic carbocycles.